The number of benzene rings is 1. The van der Waals surface area contributed by atoms with Crippen molar-refractivity contribution in [1.82, 2.24) is 5.32 Å². The smallest absolute Gasteiger partial charge is 0.318 e. The molecule has 0 spiro atoms. The van der Waals surface area contributed by atoms with Gasteiger partial charge in [0.25, 0.3) is 5.91 Å². The van der Waals surface area contributed by atoms with Gasteiger partial charge < -0.3 is 19.9 Å². The van der Waals surface area contributed by atoms with Crippen molar-refractivity contribution in [2.24, 2.45) is 5.73 Å². The number of imide groups is 1. The summed E-state index contributed by atoms with van der Waals surface area (Å²) in [5.41, 5.74) is 4.80. The standard InChI is InChI=1S/C15H20N2O6/c1-3-21-11-6-4-5-7-12(11)22-9-8-13(18)23-10(2)14(19)17-15(16)20/h4-7,10H,3,8-9H2,1-2H3,(H3,16,17,19,20)/t10-/m0/s1. The lowest BCUT2D eigenvalue weighted by Crippen LogP contribution is -2.42. The predicted molar refractivity (Wildman–Crippen MR) is 81.0 cm³/mol. The van der Waals surface area contributed by atoms with Crippen LogP contribution >= 0.6 is 0 Å². The first kappa shape index (κ1) is 18.3. The molecule has 8 nitrogen and oxygen atoms in total. The maximum absolute atomic E-state index is 11.6. The zero-order valence-corrected chi connectivity index (χ0v) is 13.0. The van der Waals surface area contributed by atoms with Crippen LogP contribution in [-0.4, -0.2) is 37.2 Å². The van der Waals surface area contributed by atoms with Gasteiger partial charge in [-0.2, -0.15) is 0 Å². The van der Waals surface area contributed by atoms with Crippen molar-refractivity contribution in [3.63, 3.8) is 0 Å². The van der Waals surface area contributed by atoms with Crippen LogP contribution in [0.15, 0.2) is 24.3 Å². The predicted octanol–water partition coefficient (Wildman–Crippen LogP) is 0.981. The largest absolute Gasteiger partial charge is 0.490 e. The summed E-state index contributed by atoms with van der Waals surface area (Å²) in [5.74, 6) is -0.321. The Hall–Kier alpha value is -2.77. The Balaban J connectivity index is 2.39. The van der Waals surface area contributed by atoms with Crippen LogP contribution in [0, 0.1) is 0 Å². The van der Waals surface area contributed by atoms with Gasteiger partial charge in [0.15, 0.2) is 17.6 Å². The summed E-state index contributed by atoms with van der Waals surface area (Å²) in [6.45, 7) is 3.75. The van der Waals surface area contributed by atoms with Crippen molar-refractivity contribution in [2.75, 3.05) is 13.2 Å². The number of nitrogens with two attached hydrogens (primary N) is 1. The summed E-state index contributed by atoms with van der Waals surface area (Å²) in [6.07, 6.45) is -1.18. The molecular weight excluding hydrogens is 304 g/mol. The number of hydrogen-bond acceptors (Lipinski definition) is 6. The van der Waals surface area contributed by atoms with Crippen LogP contribution in [0.4, 0.5) is 4.79 Å². The van der Waals surface area contributed by atoms with E-state index in [4.69, 9.17) is 19.9 Å². The Kier molecular flexibility index (Phi) is 7.38. The maximum Gasteiger partial charge on any atom is 0.318 e. The van der Waals surface area contributed by atoms with Crippen LogP contribution in [0.25, 0.3) is 0 Å². The topological polar surface area (TPSA) is 117 Å². The number of hydrogen-bond donors (Lipinski definition) is 2. The molecule has 0 aliphatic heterocycles. The van der Waals surface area contributed by atoms with Gasteiger partial charge in [-0.15, -0.1) is 0 Å². The average molecular weight is 324 g/mol. The third-order valence-electron chi connectivity index (χ3n) is 2.64. The number of rotatable bonds is 8. The second-order valence-electron chi connectivity index (χ2n) is 4.46. The van der Waals surface area contributed by atoms with Crippen molar-refractivity contribution in [3.05, 3.63) is 24.3 Å². The molecule has 3 N–H and O–H groups in total. The van der Waals surface area contributed by atoms with Crippen LogP contribution in [0.1, 0.15) is 20.3 Å². The van der Waals surface area contributed by atoms with Crippen LogP contribution < -0.4 is 20.5 Å². The first-order chi connectivity index (χ1) is 10.9. The van der Waals surface area contributed by atoms with Crippen molar-refractivity contribution >= 4 is 17.9 Å². The van der Waals surface area contributed by atoms with Gasteiger partial charge in [-0.25, -0.2) is 4.79 Å². The Bertz CT molecular complexity index is 561. The molecule has 0 saturated carbocycles. The van der Waals surface area contributed by atoms with E-state index in [0.717, 1.165) is 0 Å². The normalized spacial score (nSPS) is 11.2. The number of nitrogens with one attached hydrogen (secondary N) is 1. The van der Waals surface area contributed by atoms with E-state index < -0.39 is 24.0 Å². The fourth-order valence-corrected chi connectivity index (χ4v) is 1.62. The quantitative estimate of drug-likeness (QED) is 0.688. The van der Waals surface area contributed by atoms with Crippen LogP contribution in [0.5, 0.6) is 11.5 Å². The molecule has 8 heteroatoms. The molecule has 0 aliphatic rings. The van der Waals surface area contributed by atoms with E-state index in [1.807, 2.05) is 18.3 Å². The first-order valence-corrected chi connectivity index (χ1v) is 7.08. The SMILES string of the molecule is CCOc1ccccc1OCCC(=O)O[C@@H](C)C(=O)NC(N)=O. The Morgan fingerprint density at radius 3 is 2.35 bits per heavy atom. The van der Waals surface area contributed by atoms with Crippen molar-refractivity contribution in [1.29, 1.82) is 0 Å². The van der Waals surface area contributed by atoms with Gasteiger partial charge in [-0.05, 0) is 26.0 Å². The Labute approximate surface area is 133 Å². The molecule has 0 saturated heterocycles. The molecule has 0 aromatic heterocycles. The summed E-state index contributed by atoms with van der Waals surface area (Å²) in [7, 11) is 0. The number of esters is 1. The molecule has 0 radical (unpaired) electrons. The molecular formula is C15H20N2O6. The highest BCUT2D eigenvalue weighted by molar-refractivity contribution is 5.96. The van der Waals surface area contributed by atoms with Crippen molar-refractivity contribution < 1.29 is 28.6 Å². The summed E-state index contributed by atoms with van der Waals surface area (Å²) < 4.78 is 15.7. The minimum Gasteiger partial charge on any atom is -0.490 e. The van der Waals surface area contributed by atoms with Crippen LogP contribution in [0.2, 0.25) is 0 Å². The number of amides is 3. The maximum atomic E-state index is 11.6. The monoisotopic (exact) mass is 324 g/mol. The third kappa shape index (κ3) is 6.68. The zero-order valence-electron chi connectivity index (χ0n) is 13.0. The van der Waals surface area contributed by atoms with E-state index in [1.165, 1.54) is 6.92 Å². The van der Waals surface area contributed by atoms with Crippen LogP contribution in [-0.2, 0) is 14.3 Å². The summed E-state index contributed by atoms with van der Waals surface area (Å²) in [4.78, 5) is 33.5. The second kappa shape index (κ2) is 9.29. The van der Waals surface area contributed by atoms with Crippen molar-refractivity contribution in [3.8, 4) is 11.5 Å². The third-order valence-corrected chi connectivity index (χ3v) is 2.64. The molecule has 0 heterocycles. The number of primary amides is 1. The van der Waals surface area contributed by atoms with Gasteiger partial charge in [0.1, 0.15) is 0 Å². The highest BCUT2D eigenvalue weighted by Crippen LogP contribution is 2.26. The van der Waals surface area contributed by atoms with Gasteiger partial charge in [0, 0.05) is 0 Å². The molecule has 1 aromatic carbocycles. The molecule has 23 heavy (non-hydrogen) atoms. The molecule has 1 aromatic rings. The van der Waals surface area contributed by atoms with E-state index in [2.05, 4.69) is 0 Å². The fourth-order valence-electron chi connectivity index (χ4n) is 1.62. The minimum absolute atomic E-state index is 0.0609. The molecule has 3 amide bonds. The zero-order chi connectivity index (χ0) is 17.2. The summed E-state index contributed by atoms with van der Waals surface area (Å²) in [6, 6.07) is 6.07. The lowest BCUT2D eigenvalue weighted by molar-refractivity contribution is -0.154. The highest BCUT2D eigenvalue weighted by Gasteiger charge is 2.19. The number of urea groups is 1. The average Bonchev–Trinajstić information content (AvgIpc) is 2.48. The van der Waals surface area contributed by atoms with Gasteiger partial charge in [-0.1, -0.05) is 12.1 Å². The van der Waals surface area contributed by atoms with Gasteiger partial charge in [-0.3, -0.25) is 14.9 Å². The molecule has 0 unspecified atom stereocenters. The van der Waals surface area contributed by atoms with Crippen LogP contribution in [0.3, 0.4) is 0 Å². The number of carbonyl (C=O) groups excluding carboxylic acids is 3. The first-order valence-electron chi connectivity index (χ1n) is 7.08. The molecule has 1 atom stereocenters. The van der Waals surface area contributed by atoms with E-state index in [-0.39, 0.29) is 13.0 Å². The molecule has 126 valence electrons. The Morgan fingerprint density at radius 2 is 1.78 bits per heavy atom. The van der Waals surface area contributed by atoms with Gasteiger partial charge in [0.05, 0.1) is 19.6 Å². The number of ether oxygens (including phenoxy) is 3. The highest BCUT2D eigenvalue weighted by atomic mass is 16.6. The Morgan fingerprint density at radius 1 is 1.17 bits per heavy atom. The molecule has 0 bridgehead atoms. The lowest BCUT2D eigenvalue weighted by atomic mass is 10.3. The van der Waals surface area contributed by atoms with Crippen molar-refractivity contribution in [2.45, 2.75) is 26.4 Å². The molecule has 1 rings (SSSR count). The minimum atomic E-state index is -1.12. The van der Waals surface area contributed by atoms with E-state index in [0.29, 0.717) is 18.1 Å². The second-order valence-corrected chi connectivity index (χ2v) is 4.46. The van der Waals surface area contributed by atoms with Gasteiger partial charge in [0.2, 0.25) is 0 Å². The summed E-state index contributed by atoms with van der Waals surface area (Å²) >= 11 is 0. The van der Waals surface area contributed by atoms with Gasteiger partial charge >= 0.3 is 12.0 Å². The lowest BCUT2D eigenvalue weighted by Gasteiger charge is -2.13. The molecule has 0 fully saturated rings. The molecule has 0 aliphatic carbocycles. The van der Waals surface area contributed by atoms with E-state index in [9.17, 15) is 14.4 Å². The number of carbonyl (C=O) groups is 3. The van der Waals surface area contributed by atoms with E-state index in [1.54, 1.807) is 18.2 Å². The fraction of sp³-hybridized carbons (Fsp3) is 0.400. The summed E-state index contributed by atoms with van der Waals surface area (Å²) in [5, 5.41) is 1.83. The number of para-hydroxylation sites is 2. The van der Waals surface area contributed by atoms with E-state index >= 15 is 0 Å².